The Labute approximate surface area is 668 Å². The number of pyridine rings is 6. The number of carbonyl (C=O) groups excluding carboxylic acids is 4. The first kappa shape index (κ1) is 83.7. The molecule has 0 bridgehead atoms. The molecule has 6 aromatic carbocycles. The second-order valence-electron chi connectivity index (χ2n) is 25.9. The third-order valence-corrected chi connectivity index (χ3v) is 18.1. The molecule has 6 heterocycles. The van der Waals surface area contributed by atoms with E-state index >= 15 is 0 Å². The van der Waals surface area contributed by atoms with E-state index in [1.54, 1.807) is 117 Å². The molecule has 24 heteroatoms. The fourth-order valence-corrected chi connectivity index (χ4v) is 11.8. The highest BCUT2D eigenvalue weighted by molar-refractivity contribution is 6.34. The van der Waals surface area contributed by atoms with Crippen LogP contribution in [0, 0.1) is 6.92 Å². The van der Waals surface area contributed by atoms with E-state index in [2.05, 4.69) is 112 Å². The fourth-order valence-electron chi connectivity index (χ4n) is 11.0. The summed E-state index contributed by atoms with van der Waals surface area (Å²) in [6, 6.07) is 66.2. The molecule has 6 aromatic heterocycles. The molecule has 4 amide bonds. The number of carbonyl (C=O) groups is 4. The second-order valence-corrected chi connectivity index (χ2v) is 27.6. The molecular formula is C87H89Cl4N15O5. The van der Waals surface area contributed by atoms with E-state index in [4.69, 9.17) is 51.5 Å². The van der Waals surface area contributed by atoms with Gasteiger partial charge >= 0.3 is 0 Å². The Hall–Kier alpha value is -11.3. The van der Waals surface area contributed by atoms with Crippen LogP contribution in [0.3, 0.4) is 0 Å². The number of aryl methyl sites for hydroxylation is 2. The summed E-state index contributed by atoms with van der Waals surface area (Å²) in [4.78, 5) is 80.6. The zero-order valence-corrected chi connectivity index (χ0v) is 65.6. The van der Waals surface area contributed by atoms with Gasteiger partial charge in [0.15, 0.2) is 0 Å². The van der Waals surface area contributed by atoms with E-state index in [1.165, 1.54) is 12.0 Å². The number of nitrogens with one attached hydrogen (secondary N) is 7. The SMILES string of the molecule is CCCNc1cc(C(=O)Nc2ccc(Cl)c(-c3ccccn3)c2)ccn1.CN(C)CCCCc1ccc(C(=O)Nc2ccc(Cl)c(-c3ccccn3)c2)cc1.CN(C)CCNCc1ccc(C(=O)Nc2ccc(Cl)c(-c3ccccn3)c2)cc1.Cc1nc(NCCO)ccc1C(=O)Nc1ccc(Cl)c(-c2ccccn2)c1. The van der Waals surface area contributed by atoms with Gasteiger partial charge in [-0.25, -0.2) is 9.97 Å². The standard InChI is InChI=1S/C24H26ClN3O.C23H25ClN4O.C20H19ClN4O2.C20H19ClN4O/c1-28(2)16-6-4-7-18-9-11-19(12-10-18)24(29)27-20-13-14-22(25)21(17-20)23-8-3-5-15-26-23;1-28(2)14-13-25-16-17-6-8-18(9-7-17)23(29)27-19-10-11-21(24)20(15-19)22-5-3-4-12-26-22;1-13-15(6-8-19(24-13)23-10-11-26)20(27)25-14-5-7-17(21)16(12-14)18-4-2-3-9-22-18;1-2-9-23-19-12-14(8-11-24-19)20(26)25-15-6-7-17(21)16(13-15)18-5-3-4-10-22-18/h3,5,8-15,17H,4,6-7,16H2,1-2H3,(H,27,29);3-12,15,25H,13-14,16H2,1-2H3,(H,27,29);2-9,12,26H,10-11H2,1H3,(H,23,24)(H,25,27);3-8,10-13H,2,9H2,1H3,(H,23,24)(H,25,26). The number of rotatable bonds is 28. The maximum absolute atomic E-state index is 12.6. The van der Waals surface area contributed by atoms with Gasteiger partial charge in [-0.1, -0.05) is 102 Å². The fraction of sp³-hybridized carbons (Fsp3) is 0.195. The van der Waals surface area contributed by atoms with E-state index in [-0.39, 0.29) is 30.2 Å². The van der Waals surface area contributed by atoms with Crippen LogP contribution in [0.2, 0.25) is 20.1 Å². The number of aliphatic hydroxyl groups is 1. The molecule has 0 aliphatic carbocycles. The Bertz CT molecular complexity index is 4820. The minimum atomic E-state index is -0.261. The molecule has 0 spiro atoms. The summed E-state index contributed by atoms with van der Waals surface area (Å²) in [6.45, 7) is 8.85. The van der Waals surface area contributed by atoms with Crippen molar-refractivity contribution in [3.8, 4) is 45.0 Å². The zero-order valence-electron chi connectivity index (χ0n) is 62.6. The van der Waals surface area contributed by atoms with Crippen molar-refractivity contribution in [1.29, 1.82) is 0 Å². The summed E-state index contributed by atoms with van der Waals surface area (Å²) in [5.74, 6) is 0.529. The first-order valence-corrected chi connectivity index (χ1v) is 37.6. The second kappa shape index (κ2) is 43.8. The topological polar surface area (TPSA) is 257 Å². The van der Waals surface area contributed by atoms with Crippen LogP contribution in [-0.4, -0.2) is 136 Å². The van der Waals surface area contributed by atoms with Gasteiger partial charge in [0, 0.05) is 125 Å². The average molecular weight is 1570 g/mol. The molecule has 0 radical (unpaired) electrons. The number of unbranched alkanes of at least 4 members (excludes halogenated alkanes) is 1. The van der Waals surface area contributed by atoms with Crippen LogP contribution in [0.5, 0.6) is 0 Å². The van der Waals surface area contributed by atoms with Crippen LogP contribution in [0.15, 0.2) is 249 Å². The average Bonchev–Trinajstić information content (AvgIpc) is 0.841. The highest BCUT2D eigenvalue weighted by Gasteiger charge is 2.17. The van der Waals surface area contributed by atoms with Crippen molar-refractivity contribution in [1.82, 2.24) is 45.0 Å². The Kier molecular flexibility index (Phi) is 33.0. The van der Waals surface area contributed by atoms with Gasteiger partial charge in [0.1, 0.15) is 11.6 Å². The predicted octanol–water partition coefficient (Wildman–Crippen LogP) is 18.5. The lowest BCUT2D eigenvalue weighted by atomic mass is 10.1. The van der Waals surface area contributed by atoms with Crippen LogP contribution in [-0.2, 0) is 13.0 Å². The molecule has 20 nitrogen and oxygen atoms in total. The van der Waals surface area contributed by atoms with Crippen LogP contribution in [0.4, 0.5) is 34.4 Å². The van der Waals surface area contributed by atoms with Crippen LogP contribution in [0.25, 0.3) is 45.0 Å². The number of aromatic nitrogens is 6. The molecule has 111 heavy (non-hydrogen) atoms. The summed E-state index contributed by atoms with van der Waals surface area (Å²) in [5, 5.41) is 32.4. The normalized spacial score (nSPS) is 10.7. The maximum Gasteiger partial charge on any atom is 0.257 e. The molecule has 8 N–H and O–H groups in total. The zero-order chi connectivity index (χ0) is 78.9. The summed E-state index contributed by atoms with van der Waals surface area (Å²) < 4.78 is 0. The van der Waals surface area contributed by atoms with Gasteiger partial charge < -0.3 is 52.1 Å². The third-order valence-electron chi connectivity index (χ3n) is 16.8. The molecule has 0 aliphatic rings. The van der Waals surface area contributed by atoms with Crippen molar-refractivity contribution in [3.63, 3.8) is 0 Å². The van der Waals surface area contributed by atoms with Gasteiger partial charge in [-0.2, -0.15) is 0 Å². The van der Waals surface area contributed by atoms with E-state index in [0.29, 0.717) is 89.0 Å². The first-order chi connectivity index (χ1) is 53.8. The molecule has 0 aliphatic heterocycles. The smallest absolute Gasteiger partial charge is 0.257 e. The van der Waals surface area contributed by atoms with Crippen LogP contribution in [0.1, 0.15) is 84.4 Å². The highest BCUT2D eigenvalue weighted by Crippen LogP contribution is 2.34. The van der Waals surface area contributed by atoms with E-state index in [9.17, 15) is 19.2 Å². The van der Waals surface area contributed by atoms with Crippen molar-refractivity contribution in [2.45, 2.75) is 46.1 Å². The number of hydrogen-bond donors (Lipinski definition) is 8. The molecule has 0 fully saturated rings. The highest BCUT2D eigenvalue weighted by atomic mass is 35.5. The lowest BCUT2D eigenvalue weighted by Crippen LogP contribution is -2.26. The third kappa shape index (κ3) is 26.8. The van der Waals surface area contributed by atoms with Gasteiger partial charge in [-0.05, 0) is 248 Å². The Morgan fingerprint density at radius 1 is 0.396 bits per heavy atom. The number of anilines is 6. The molecule has 12 aromatic rings. The number of amides is 4. The number of benzene rings is 6. The molecular weight excluding hydrogens is 1480 g/mol. The molecule has 12 rings (SSSR count). The summed E-state index contributed by atoms with van der Waals surface area (Å²) >= 11 is 25.2. The predicted molar refractivity (Wildman–Crippen MR) is 453 cm³/mol. The van der Waals surface area contributed by atoms with Gasteiger partial charge in [-0.15, -0.1) is 0 Å². The van der Waals surface area contributed by atoms with Crippen molar-refractivity contribution in [2.24, 2.45) is 0 Å². The number of likely N-dealkylation sites (N-methyl/N-ethyl adjacent to an activating group) is 1. The quantitative estimate of drug-likeness (QED) is 0.0212. The minimum Gasteiger partial charge on any atom is -0.395 e. The molecule has 0 saturated carbocycles. The lowest BCUT2D eigenvalue weighted by Gasteiger charge is -2.11. The van der Waals surface area contributed by atoms with Crippen molar-refractivity contribution in [3.05, 3.63) is 309 Å². The van der Waals surface area contributed by atoms with E-state index < -0.39 is 0 Å². The number of hydrogen-bond acceptors (Lipinski definition) is 16. The van der Waals surface area contributed by atoms with Crippen LogP contribution >= 0.6 is 46.4 Å². The Morgan fingerprint density at radius 2 is 0.811 bits per heavy atom. The number of aliphatic hydroxyl groups excluding tert-OH is 1. The van der Waals surface area contributed by atoms with Gasteiger partial charge in [-0.3, -0.25) is 39.1 Å². The van der Waals surface area contributed by atoms with Crippen molar-refractivity contribution >= 4 is 104 Å². The van der Waals surface area contributed by atoms with Crippen LogP contribution < -0.4 is 37.2 Å². The van der Waals surface area contributed by atoms with Gasteiger partial charge in [0.25, 0.3) is 23.6 Å². The summed E-state index contributed by atoms with van der Waals surface area (Å²) in [5.41, 5.74) is 14.0. The Morgan fingerprint density at radius 3 is 1.21 bits per heavy atom. The number of nitrogens with zero attached hydrogens (tertiary/aromatic N) is 8. The summed E-state index contributed by atoms with van der Waals surface area (Å²) in [6.07, 6.45) is 12.8. The number of halogens is 4. The lowest BCUT2D eigenvalue weighted by molar-refractivity contribution is 0.101. The Balaban J connectivity index is 0.000000170. The van der Waals surface area contributed by atoms with E-state index in [0.717, 1.165) is 103 Å². The monoisotopic (exact) mass is 1560 g/mol. The van der Waals surface area contributed by atoms with E-state index in [1.807, 2.05) is 140 Å². The minimum absolute atomic E-state index is 0.0120. The molecule has 0 atom stereocenters. The van der Waals surface area contributed by atoms with Gasteiger partial charge in [0.2, 0.25) is 0 Å². The molecule has 570 valence electrons. The summed E-state index contributed by atoms with van der Waals surface area (Å²) in [7, 11) is 8.28. The van der Waals surface area contributed by atoms with Crippen molar-refractivity contribution < 1.29 is 24.3 Å². The molecule has 0 saturated heterocycles. The maximum atomic E-state index is 12.6. The van der Waals surface area contributed by atoms with Gasteiger partial charge in [0.05, 0.1) is 60.7 Å². The molecule has 0 unspecified atom stereocenters. The van der Waals surface area contributed by atoms with Crippen molar-refractivity contribution in [2.75, 3.05) is 99.4 Å². The largest absolute Gasteiger partial charge is 0.395 e. The first-order valence-electron chi connectivity index (χ1n) is 36.1.